The Morgan fingerprint density at radius 3 is 2.05 bits per heavy atom. The fourth-order valence-electron chi connectivity index (χ4n) is 1.45. The number of anilines is 3. The summed E-state index contributed by atoms with van der Waals surface area (Å²) >= 11 is 0. The third-order valence-corrected chi connectivity index (χ3v) is 3.42. The molecular formula is C13H26N6. The summed E-state index contributed by atoms with van der Waals surface area (Å²) in [5.74, 6) is 1.98. The van der Waals surface area contributed by atoms with Crippen LogP contribution in [0, 0.1) is 0 Å². The van der Waals surface area contributed by atoms with Gasteiger partial charge in [-0.3, -0.25) is 0 Å². The van der Waals surface area contributed by atoms with Gasteiger partial charge in [0.1, 0.15) is 0 Å². The van der Waals surface area contributed by atoms with Gasteiger partial charge in [0.25, 0.3) is 0 Å². The summed E-state index contributed by atoms with van der Waals surface area (Å²) in [7, 11) is 5.88. The molecule has 0 amide bonds. The number of rotatable bonds is 6. The van der Waals surface area contributed by atoms with Crippen molar-refractivity contribution in [1.29, 1.82) is 0 Å². The predicted octanol–water partition coefficient (Wildman–Crippen LogP) is 1.99. The molecule has 6 nitrogen and oxygen atoms in total. The molecule has 1 aromatic heterocycles. The molecule has 0 aliphatic rings. The molecule has 1 aromatic rings. The first-order valence-electron chi connectivity index (χ1n) is 6.73. The molecule has 0 aliphatic carbocycles. The fraction of sp³-hybridized carbons (Fsp3) is 0.769. The smallest absolute Gasteiger partial charge is 0.232 e. The van der Waals surface area contributed by atoms with Gasteiger partial charge in [-0.05, 0) is 27.2 Å². The number of hydrogen-bond donors (Lipinski definition) is 1. The Morgan fingerprint density at radius 1 is 1.00 bits per heavy atom. The van der Waals surface area contributed by atoms with Gasteiger partial charge in [0.2, 0.25) is 17.8 Å². The van der Waals surface area contributed by atoms with Crippen molar-refractivity contribution in [1.82, 2.24) is 15.0 Å². The minimum atomic E-state index is 0.00835. The van der Waals surface area contributed by atoms with E-state index in [0.717, 1.165) is 13.0 Å². The molecule has 1 rings (SSSR count). The SMILES string of the molecule is CCNc1nc(N(C)C)nc(N(C)C(C)(C)CC)n1. The average Bonchev–Trinajstić information content (AvgIpc) is 2.37. The van der Waals surface area contributed by atoms with Crippen molar-refractivity contribution < 1.29 is 0 Å². The van der Waals surface area contributed by atoms with Crippen molar-refractivity contribution in [3.05, 3.63) is 0 Å². The van der Waals surface area contributed by atoms with E-state index >= 15 is 0 Å². The van der Waals surface area contributed by atoms with Gasteiger partial charge in [-0.15, -0.1) is 0 Å². The van der Waals surface area contributed by atoms with E-state index in [0.29, 0.717) is 17.8 Å². The Hall–Kier alpha value is -1.59. The predicted molar refractivity (Wildman–Crippen MR) is 81.1 cm³/mol. The van der Waals surface area contributed by atoms with E-state index in [9.17, 15) is 0 Å². The van der Waals surface area contributed by atoms with Gasteiger partial charge >= 0.3 is 0 Å². The molecule has 19 heavy (non-hydrogen) atoms. The number of nitrogens with zero attached hydrogens (tertiary/aromatic N) is 5. The minimum Gasteiger partial charge on any atom is -0.354 e. The molecule has 1 N–H and O–H groups in total. The first-order valence-corrected chi connectivity index (χ1v) is 6.73. The van der Waals surface area contributed by atoms with Gasteiger partial charge in [-0.25, -0.2) is 0 Å². The molecule has 1 heterocycles. The molecule has 0 aliphatic heterocycles. The Labute approximate surface area is 116 Å². The van der Waals surface area contributed by atoms with Gasteiger partial charge in [-0.2, -0.15) is 15.0 Å². The molecule has 0 atom stereocenters. The van der Waals surface area contributed by atoms with Crippen LogP contribution in [-0.4, -0.2) is 48.2 Å². The Bertz CT molecular complexity index is 416. The van der Waals surface area contributed by atoms with Crippen LogP contribution in [0.4, 0.5) is 17.8 Å². The molecule has 0 saturated carbocycles. The second kappa shape index (κ2) is 6.04. The summed E-state index contributed by atoms with van der Waals surface area (Å²) in [6, 6.07) is 0. The molecular weight excluding hydrogens is 240 g/mol. The molecule has 0 bridgehead atoms. The van der Waals surface area contributed by atoms with Gasteiger partial charge in [-0.1, -0.05) is 6.92 Å². The third kappa shape index (κ3) is 3.68. The van der Waals surface area contributed by atoms with Crippen LogP contribution in [0.15, 0.2) is 0 Å². The molecule has 6 heteroatoms. The van der Waals surface area contributed by atoms with Crippen LogP contribution < -0.4 is 15.1 Å². The number of aromatic nitrogens is 3. The highest BCUT2D eigenvalue weighted by Gasteiger charge is 2.24. The molecule has 0 aromatic carbocycles. The Morgan fingerprint density at radius 2 is 1.58 bits per heavy atom. The third-order valence-electron chi connectivity index (χ3n) is 3.42. The van der Waals surface area contributed by atoms with Crippen molar-refractivity contribution in [2.75, 3.05) is 42.8 Å². The number of hydrogen-bond acceptors (Lipinski definition) is 6. The van der Waals surface area contributed by atoms with Gasteiger partial charge in [0, 0.05) is 33.2 Å². The highest BCUT2D eigenvalue weighted by atomic mass is 15.4. The zero-order chi connectivity index (χ0) is 14.6. The normalized spacial score (nSPS) is 11.3. The van der Waals surface area contributed by atoms with Crippen LogP contribution >= 0.6 is 0 Å². The van der Waals surface area contributed by atoms with Crippen molar-refractivity contribution in [3.63, 3.8) is 0 Å². The van der Waals surface area contributed by atoms with Crippen LogP contribution in [0.3, 0.4) is 0 Å². The quantitative estimate of drug-likeness (QED) is 0.850. The molecule has 0 unspecified atom stereocenters. The maximum atomic E-state index is 4.52. The van der Waals surface area contributed by atoms with E-state index in [2.05, 4.69) is 45.9 Å². The lowest BCUT2D eigenvalue weighted by Gasteiger charge is -2.35. The van der Waals surface area contributed by atoms with Crippen LogP contribution in [0.2, 0.25) is 0 Å². The lowest BCUT2D eigenvalue weighted by atomic mass is 10.0. The monoisotopic (exact) mass is 266 g/mol. The first-order chi connectivity index (χ1) is 8.81. The van der Waals surface area contributed by atoms with E-state index in [4.69, 9.17) is 0 Å². The van der Waals surface area contributed by atoms with E-state index in [1.165, 1.54) is 0 Å². The summed E-state index contributed by atoms with van der Waals surface area (Å²) in [4.78, 5) is 17.4. The van der Waals surface area contributed by atoms with Crippen LogP contribution in [0.1, 0.15) is 34.1 Å². The zero-order valence-electron chi connectivity index (χ0n) is 13.2. The molecule has 0 fully saturated rings. The molecule has 108 valence electrons. The topological polar surface area (TPSA) is 57.2 Å². The second-order valence-corrected chi connectivity index (χ2v) is 5.41. The van der Waals surface area contributed by atoms with E-state index in [1.807, 2.05) is 33.0 Å². The van der Waals surface area contributed by atoms with Gasteiger partial charge in [0.15, 0.2) is 0 Å². The maximum Gasteiger partial charge on any atom is 0.232 e. The molecule has 0 spiro atoms. The highest BCUT2D eigenvalue weighted by Crippen LogP contribution is 2.23. The van der Waals surface area contributed by atoms with Crippen molar-refractivity contribution in [2.24, 2.45) is 0 Å². The van der Waals surface area contributed by atoms with E-state index in [1.54, 1.807) is 0 Å². The summed E-state index contributed by atoms with van der Waals surface area (Å²) < 4.78 is 0. The second-order valence-electron chi connectivity index (χ2n) is 5.41. The van der Waals surface area contributed by atoms with Gasteiger partial charge < -0.3 is 15.1 Å². The van der Waals surface area contributed by atoms with Crippen LogP contribution in [0.25, 0.3) is 0 Å². The molecule has 0 saturated heterocycles. The summed E-state index contributed by atoms with van der Waals surface area (Å²) in [6.45, 7) is 9.34. The van der Waals surface area contributed by atoms with Crippen molar-refractivity contribution in [2.45, 2.75) is 39.7 Å². The van der Waals surface area contributed by atoms with Crippen LogP contribution in [0.5, 0.6) is 0 Å². The van der Waals surface area contributed by atoms with Crippen molar-refractivity contribution >= 4 is 17.8 Å². The average molecular weight is 266 g/mol. The van der Waals surface area contributed by atoms with E-state index in [-0.39, 0.29) is 5.54 Å². The maximum absolute atomic E-state index is 4.52. The highest BCUT2D eigenvalue weighted by molar-refractivity contribution is 5.45. The number of nitrogens with one attached hydrogen (secondary N) is 1. The van der Waals surface area contributed by atoms with Crippen molar-refractivity contribution in [3.8, 4) is 0 Å². The summed E-state index contributed by atoms with van der Waals surface area (Å²) in [5, 5.41) is 3.15. The summed E-state index contributed by atoms with van der Waals surface area (Å²) in [6.07, 6.45) is 1.02. The summed E-state index contributed by atoms with van der Waals surface area (Å²) in [5.41, 5.74) is 0.00835. The lowest BCUT2D eigenvalue weighted by molar-refractivity contribution is 0.463. The Balaban J connectivity index is 3.19. The van der Waals surface area contributed by atoms with E-state index < -0.39 is 0 Å². The Kier molecular flexibility index (Phi) is 4.91. The van der Waals surface area contributed by atoms with Crippen LogP contribution in [-0.2, 0) is 0 Å². The first kappa shape index (κ1) is 15.5. The largest absolute Gasteiger partial charge is 0.354 e. The standard InChI is InChI=1S/C13H26N6/c1-8-13(3,4)19(7)12-16-10(14-9-2)15-11(17-12)18(5)6/h8-9H2,1-7H3,(H,14,15,16,17). The molecule has 0 radical (unpaired) electrons. The zero-order valence-corrected chi connectivity index (χ0v) is 13.2. The fourth-order valence-corrected chi connectivity index (χ4v) is 1.45. The van der Waals surface area contributed by atoms with Gasteiger partial charge in [0.05, 0.1) is 0 Å². The minimum absolute atomic E-state index is 0.00835. The lowest BCUT2D eigenvalue weighted by Crippen LogP contribution is -2.42.